The van der Waals surface area contributed by atoms with Gasteiger partial charge in [0.05, 0.1) is 10.6 Å². The number of nitrogens with zero attached hydrogens (tertiary/aromatic N) is 3. The fraction of sp³-hybridized carbons (Fsp3) is 0. The van der Waals surface area contributed by atoms with E-state index in [2.05, 4.69) is 15.5 Å². The summed E-state index contributed by atoms with van der Waals surface area (Å²) in [6, 6.07) is 5.43. The third kappa shape index (κ3) is 3.04. The van der Waals surface area contributed by atoms with E-state index in [0.717, 1.165) is 18.2 Å². The predicted octanol–water partition coefficient (Wildman–Crippen LogP) is 2.43. The molecule has 0 aliphatic carbocycles. The summed E-state index contributed by atoms with van der Waals surface area (Å²) in [6.07, 6.45) is 0. The summed E-state index contributed by atoms with van der Waals surface area (Å²) < 4.78 is 13.5. The third-order valence-corrected chi connectivity index (χ3v) is 2.48. The molecule has 0 radical (unpaired) electrons. The second kappa shape index (κ2) is 5.57. The minimum Gasteiger partial charge on any atom is -0.318 e. The quantitative estimate of drug-likeness (QED) is 0.693. The Labute approximate surface area is 116 Å². The van der Waals surface area contributed by atoms with Gasteiger partial charge < -0.3 is 5.32 Å². The van der Waals surface area contributed by atoms with Crippen LogP contribution in [0.1, 0.15) is 10.5 Å². The second-order valence-corrected chi connectivity index (χ2v) is 4.00. The van der Waals surface area contributed by atoms with E-state index in [-0.39, 0.29) is 22.2 Å². The summed E-state index contributed by atoms with van der Waals surface area (Å²) in [7, 11) is 0. The maximum atomic E-state index is 13.5. The van der Waals surface area contributed by atoms with Gasteiger partial charge in [-0.2, -0.15) is 0 Å². The van der Waals surface area contributed by atoms with Gasteiger partial charge >= 0.3 is 0 Å². The molecule has 7 nitrogen and oxygen atoms in total. The molecule has 1 aromatic heterocycles. The van der Waals surface area contributed by atoms with Gasteiger partial charge in [-0.05, 0) is 18.2 Å². The van der Waals surface area contributed by atoms with Crippen molar-refractivity contribution in [2.45, 2.75) is 0 Å². The van der Waals surface area contributed by atoms with Gasteiger partial charge in [-0.1, -0.05) is 11.6 Å². The smallest absolute Gasteiger partial charge is 0.276 e. The molecule has 102 valence electrons. The number of aromatic nitrogens is 2. The van der Waals surface area contributed by atoms with Crippen LogP contribution in [0.3, 0.4) is 0 Å². The van der Waals surface area contributed by atoms with Gasteiger partial charge in [-0.3, -0.25) is 14.9 Å². The molecule has 1 N–H and O–H groups in total. The maximum absolute atomic E-state index is 13.5. The van der Waals surface area contributed by atoms with Crippen LogP contribution in [0, 0.1) is 15.9 Å². The largest absolute Gasteiger partial charge is 0.318 e. The molecule has 0 saturated carbocycles. The van der Waals surface area contributed by atoms with Crippen LogP contribution in [0.15, 0.2) is 30.3 Å². The Balaban J connectivity index is 2.25. The lowest BCUT2D eigenvalue weighted by atomic mass is 10.2. The van der Waals surface area contributed by atoms with Gasteiger partial charge in [-0.25, -0.2) is 4.39 Å². The summed E-state index contributed by atoms with van der Waals surface area (Å²) in [6.45, 7) is 0. The number of rotatable bonds is 3. The number of hydrogen-bond acceptors (Lipinski definition) is 5. The van der Waals surface area contributed by atoms with Crippen LogP contribution in [0.2, 0.25) is 5.15 Å². The zero-order valence-corrected chi connectivity index (χ0v) is 10.5. The number of benzene rings is 1. The van der Waals surface area contributed by atoms with Gasteiger partial charge in [0.1, 0.15) is 5.82 Å². The van der Waals surface area contributed by atoms with E-state index in [1.807, 2.05) is 0 Å². The first-order valence-corrected chi connectivity index (χ1v) is 5.59. The molecular formula is C11H6ClFN4O3. The highest BCUT2D eigenvalue weighted by molar-refractivity contribution is 6.29. The number of carbonyl (C=O) groups is 1. The fourth-order valence-electron chi connectivity index (χ4n) is 1.35. The van der Waals surface area contributed by atoms with Crippen molar-refractivity contribution in [2.75, 3.05) is 5.32 Å². The molecule has 0 bridgehead atoms. The van der Waals surface area contributed by atoms with Crippen molar-refractivity contribution in [1.82, 2.24) is 10.2 Å². The zero-order chi connectivity index (χ0) is 14.7. The van der Waals surface area contributed by atoms with Crippen molar-refractivity contribution in [3.63, 3.8) is 0 Å². The molecule has 0 spiro atoms. The fourth-order valence-corrected chi connectivity index (χ4v) is 1.45. The lowest BCUT2D eigenvalue weighted by molar-refractivity contribution is -0.384. The molecular weight excluding hydrogens is 291 g/mol. The molecule has 2 rings (SSSR count). The van der Waals surface area contributed by atoms with Crippen molar-refractivity contribution < 1.29 is 14.1 Å². The molecule has 9 heteroatoms. The van der Waals surface area contributed by atoms with Crippen LogP contribution < -0.4 is 5.32 Å². The number of carbonyl (C=O) groups excluding carboxylic acids is 1. The first kappa shape index (κ1) is 13.8. The average Bonchev–Trinajstić information content (AvgIpc) is 2.41. The Kier molecular flexibility index (Phi) is 3.85. The Morgan fingerprint density at radius 3 is 2.65 bits per heavy atom. The van der Waals surface area contributed by atoms with Crippen LogP contribution in [0.4, 0.5) is 15.8 Å². The highest BCUT2D eigenvalue weighted by Crippen LogP contribution is 2.21. The Morgan fingerprint density at radius 2 is 2.05 bits per heavy atom. The summed E-state index contributed by atoms with van der Waals surface area (Å²) in [5.74, 6) is -1.56. The van der Waals surface area contributed by atoms with Crippen LogP contribution in [-0.2, 0) is 0 Å². The molecule has 2 aromatic rings. The van der Waals surface area contributed by atoms with E-state index >= 15 is 0 Å². The van der Waals surface area contributed by atoms with Crippen LogP contribution in [0.5, 0.6) is 0 Å². The minimum absolute atomic E-state index is 0.0969. The molecule has 0 aliphatic heterocycles. The van der Waals surface area contributed by atoms with Gasteiger partial charge in [0.15, 0.2) is 10.8 Å². The summed E-state index contributed by atoms with van der Waals surface area (Å²) in [5.41, 5.74) is -0.759. The normalized spacial score (nSPS) is 10.1. The number of non-ortho nitro benzene ring substituents is 1. The van der Waals surface area contributed by atoms with Crippen molar-refractivity contribution >= 4 is 28.9 Å². The monoisotopic (exact) mass is 296 g/mol. The standard InChI is InChI=1S/C11H6ClFN4O3/c12-10-4-3-8(15-16-10)11(18)14-9-5-6(17(19)20)1-2-7(9)13/h1-5H,(H,14,18). The first-order valence-electron chi connectivity index (χ1n) is 5.22. The Hall–Kier alpha value is -2.61. The van der Waals surface area contributed by atoms with E-state index in [1.165, 1.54) is 12.1 Å². The van der Waals surface area contributed by atoms with E-state index in [1.54, 1.807) is 0 Å². The molecule has 1 heterocycles. The van der Waals surface area contributed by atoms with Gasteiger partial charge in [0, 0.05) is 12.1 Å². The van der Waals surface area contributed by atoms with E-state index < -0.39 is 16.6 Å². The van der Waals surface area contributed by atoms with Crippen molar-refractivity contribution in [2.24, 2.45) is 0 Å². The molecule has 0 fully saturated rings. The molecule has 0 unspecified atom stereocenters. The third-order valence-electron chi connectivity index (χ3n) is 2.27. The van der Waals surface area contributed by atoms with Crippen molar-refractivity contribution in [1.29, 1.82) is 0 Å². The zero-order valence-electron chi connectivity index (χ0n) is 9.71. The van der Waals surface area contributed by atoms with Crippen molar-refractivity contribution in [3.8, 4) is 0 Å². The predicted molar refractivity (Wildman–Crippen MR) is 68.0 cm³/mol. The van der Waals surface area contributed by atoms with Gasteiger partial charge in [0.2, 0.25) is 0 Å². The maximum Gasteiger partial charge on any atom is 0.276 e. The molecule has 0 aliphatic rings. The summed E-state index contributed by atoms with van der Waals surface area (Å²) in [5, 5.41) is 19.8. The number of hydrogen-bond donors (Lipinski definition) is 1. The number of nitro groups is 1. The molecule has 1 aromatic carbocycles. The number of amides is 1. The SMILES string of the molecule is O=C(Nc1cc([N+](=O)[O-])ccc1F)c1ccc(Cl)nn1. The minimum atomic E-state index is -0.800. The van der Waals surface area contributed by atoms with Crippen LogP contribution >= 0.6 is 11.6 Å². The van der Waals surface area contributed by atoms with E-state index in [0.29, 0.717) is 0 Å². The lowest BCUT2D eigenvalue weighted by Gasteiger charge is -2.05. The van der Waals surface area contributed by atoms with Gasteiger partial charge in [-0.15, -0.1) is 10.2 Å². The average molecular weight is 297 g/mol. The number of nitro benzene ring substituents is 1. The van der Waals surface area contributed by atoms with Gasteiger partial charge in [0.25, 0.3) is 11.6 Å². The highest BCUT2D eigenvalue weighted by atomic mass is 35.5. The second-order valence-electron chi connectivity index (χ2n) is 3.62. The highest BCUT2D eigenvalue weighted by Gasteiger charge is 2.15. The Bertz CT molecular complexity index is 678. The molecule has 0 atom stereocenters. The van der Waals surface area contributed by atoms with E-state index in [4.69, 9.17) is 11.6 Å². The van der Waals surface area contributed by atoms with Crippen LogP contribution in [-0.4, -0.2) is 21.0 Å². The molecule has 20 heavy (non-hydrogen) atoms. The lowest BCUT2D eigenvalue weighted by Crippen LogP contribution is -2.15. The Morgan fingerprint density at radius 1 is 1.30 bits per heavy atom. The molecule has 0 saturated heterocycles. The first-order chi connectivity index (χ1) is 9.47. The number of nitrogens with one attached hydrogen (secondary N) is 1. The molecule has 1 amide bonds. The van der Waals surface area contributed by atoms with Crippen molar-refractivity contribution in [3.05, 3.63) is 57.1 Å². The summed E-state index contributed by atoms with van der Waals surface area (Å²) in [4.78, 5) is 21.7. The van der Waals surface area contributed by atoms with E-state index in [9.17, 15) is 19.3 Å². The summed E-state index contributed by atoms with van der Waals surface area (Å²) >= 11 is 5.52. The topological polar surface area (TPSA) is 98.0 Å². The number of anilines is 1. The number of halogens is 2. The van der Waals surface area contributed by atoms with Crippen LogP contribution in [0.25, 0.3) is 0 Å².